The first-order chi connectivity index (χ1) is 12.0. The lowest BCUT2D eigenvalue weighted by molar-refractivity contribution is -0.128. The van der Waals surface area contributed by atoms with Crippen molar-refractivity contribution in [3.8, 4) is 6.07 Å². The number of benzene rings is 2. The molecule has 0 spiro atoms. The molecule has 1 atom stereocenters. The average molecular weight is 333 g/mol. The van der Waals surface area contributed by atoms with Crippen LogP contribution in [-0.2, 0) is 16.1 Å². The highest BCUT2D eigenvalue weighted by Gasteiger charge is 2.34. The number of nitrogens with zero attached hydrogens (tertiary/aromatic N) is 2. The third kappa shape index (κ3) is 4.04. The van der Waals surface area contributed by atoms with Gasteiger partial charge < -0.3 is 10.2 Å². The van der Waals surface area contributed by atoms with E-state index in [-0.39, 0.29) is 24.2 Å². The van der Waals surface area contributed by atoms with Gasteiger partial charge in [0.25, 0.3) is 0 Å². The van der Waals surface area contributed by atoms with Crippen molar-refractivity contribution in [3.63, 3.8) is 0 Å². The SMILES string of the molecule is Cc1ccc(CN2CC(C(=O)Nc3ccc(C#N)cc3)CC2=O)cc1. The lowest BCUT2D eigenvalue weighted by atomic mass is 10.1. The highest BCUT2D eigenvalue weighted by molar-refractivity contribution is 5.97. The number of carbonyl (C=O) groups is 2. The second kappa shape index (κ2) is 7.18. The molecule has 2 amide bonds. The first-order valence-electron chi connectivity index (χ1n) is 8.19. The number of hydrogen-bond acceptors (Lipinski definition) is 3. The first-order valence-corrected chi connectivity index (χ1v) is 8.19. The average Bonchev–Trinajstić information content (AvgIpc) is 2.98. The lowest BCUT2D eigenvalue weighted by Gasteiger charge is -2.17. The van der Waals surface area contributed by atoms with Crippen molar-refractivity contribution in [3.05, 3.63) is 65.2 Å². The molecule has 1 fully saturated rings. The van der Waals surface area contributed by atoms with E-state index in [4.69, 9.17) is 5.26 Å². The first kappa shape index (κ1) is 16.7. The third-order valence-corrected chi connectivity index (χ3v) is 4.36. The second-order valence-corrected chi connectivity index (χ2v) is 6.34. The van der Waals surface area contributed by atoms with Crippen molar-refractivity contribution >= 4 is 17.5 Å². The minimum Gasteiger partial charge on any atom is -0.338 e. The summed E-state index contributed by atoms with van der Waals surface area (Å²) in [7, 11) is 0. The molecule has 1 unspecified atom stereocenters. The van der Waals surface area contributed by atoms with Crippen LogP contribution in [0.2, 0.25) is 0 Å². The van der Waals surface area contributed by atoms with Crippen LogP contribution in [0.25, 0.3) is 0 Å². The molecule has 1 saturated heterocycles. The van der Waals surface area contributed by atoms with E-state index in [1.807, 2.05) is 37.3 Å². The Morgan fingerprint density at radius 1 is 1.20 bits per heavy atom. The van der Waals surface area contributed by atoms with E-state index in [2.05, 4.69) is 5.32 Å². The standard InChI is InChI=1S/C20H19N3O2/c1-14-2-4-16(5-3-14)12-23-13-17(10-19(23)24)20(25)22-18-8-6-15(11-21)7-9-18/h2-9,17H,10,12-13H2,1H3,(H,22,25). The summed E-state index contributed by atoms with van der Waals surface area (Å²) < 4.78 is 0. The largest absolute Gasteiger partial charge is 0.338 e. The number of hydrogen-bond donors (Lipinski definition) is 1. The van der Waals surface area contributed by atoms with E-state index in [0.29, 0.717) is 24.3 Å². The van der Waals surface area contributed by atoms with Crippen molar-refractivity contribution in [1.82, 2.24) is 4.90 Å². The van der Waals surface area contributed by atoms with Gasteiger partial charge in [0.2, 0.25) is 11.8 Å². The zero-order valence-corrected chi connectivity index (χ0v) is 14.0. The van der Waals surface area contributed by atoms with Gasteiger partial charge in [-0.05, 0) is 36.8 Å². The molecule has 0 aromatic heterocycles. The fraction of sp³-hybridized carbons (Fsp3) is 0.250. The summed E-state index contributed by atoms with van der Waals surface area (Å²) in [6, 6.07) is 16.8. The summed E-state index contributed by atoms with van der Waals surface area (Å²) in [5.74, 6) is -0.515. The normalized spacial score (nSPS) is 16.6. The molecule has 0 saturated carbocycles. The zero-order chi connectivity index (χ0) is 17.8. The number of nitrogens with one attached hydrogen (secondary N) is 1. The van der Waals surface area contributed by atoms with E-state index in [0.717, 1.165) is 5.56 Å². The fourth-order valence-electron chi connectivity index (χ4n) is 2.89. The molecular weight excluding hydrogens is 314 g/mol. The number of nitriles is 1. The van der Waals surface area contributed by atoms with Gasteiger partial charge in [0.15, 0.2) is 0 Å². The summed E-state index contributed by atoms with van der Waals surface area (Å²) >= 11 is 0. The Morgan fingerprint density at radius 2 is 1.88 bits per heavy atom. The molecule has 0 bridgehead atoms. The minimum absolute atomic E-state index is 0.000512. The number of amides is 2. The fourth-order valence-corrected chi connectivity index (χ4v) is 2.89. The van der Waals surface area contributed by atoms with Crippen molar-refractivity contribution in [2.45, 2.75) is 19.9 Å². The van der Waals surface area contributed by atoms with Crippen LogP contribution in [0.15, 0.2) is 48.5 Å². The van der Waals surface area contributed by atoms with Crippen LogP contribution in [0.5, 0.6) is 0 Å². The van der Waals surface area contributed by atoms with E-state index in [9.17, 15) is 9.59 Å². The summed E-state index contributed by atoms with van der Waals surface area (Å²) in [5.41, 5.74) is 3.41. The number of aryl methyl sites for hydroxylation is 1. The molecule has 1 aliphatic heterocycles. The van der Waals surface area contributed by atoms with Gasteiger partial charge in [-0.15, -0.1) is 0 Å². The van der Waals surface area contributed by atoms with Crippen molar-refractivity contribution < 1.29 is 9.59 Å². The maximum absolute atomic E-state index is 12.4. The van der Waals surface area contributed by atoms with E-state index < -0.39 is 0 Å². The van der Waals surface area contributed by atoms with Crippen LogP contribution < -0.4 is 5.32 Å². The maximum Gasteiger partial charge on any atom is 0.229 e. The zero-order valence-electron chi connectivity index (χ0n) is 14.0. The van der Waals surface area contributed by atoms with Crippen LogP contribution in [0.3, 0.4) is 0 Å². The monoisotopic (exact) mass is 333 g/mol. The van der Waals surface area contributed by atoms with E-state index in [1.165, 1.54) is 5.56 Å². The Hall–Kier alpha value is -3.13. The van der Waals surface area contributed by atoms with Crippen LogP contribution in [0.4, 0.5) is 5.69 Å². The molecule has 5 nitrogen and oxygen atoms in total. The van der Waals surface area contributed by atoms with Crippen LogP contribution >= 0.6 is 0 Å². The summed E-state index contributed by atoms with van der Waals surface area (Å²) in [6.07, 6.45) is 0.230. The molecule has 25 heavy (non-hydrogen) atoms. The van der Waals surface area contributed by atoms with Crippen molar-refractivity contribution in [2.24, 2.45) is 5.92 Å². The Balaban J connectivity index is 1.60. The molecule has 2 aromatic carbocycles. The number of likely N-dealkylation sites (tertiary alicyclic amines) is 1. The Labute approximate surface area is 146 Å². The minimum atomic E-state index is -0.353. The van der Waals surface area contributed by atoms with Gasteiger partial charge >= 0.3 is 0 Å². The van der Waals surface area contributed by atoms with Crippen LogP contribution in [0.1, 0.15) is 23.1 Å². The van der Waals surface area contributed by atoms with Crippen molar-refractivity contribution in [2.75, 3.05) is 11.9 Å². The number of carbonyl (C=O) groups excluding carboxylic acids is 2. The molecule has 1 N–H and O–H groups in total. The second-order valence-electron chi connectivity index (χ2n) is 6.34. The van der Waals surface area contributed by atoms with Gasteiger partial charge in [0, 0.05) is 25.2 Å². The molecule has 0 aliphatic carbocycles. The van der Waals surface area contributed by atoms with Gasteiger partial charge in [-0.1, -0.05) is 29.8 Å². The molecule has 0 radical (unpaired) electrons. The van der Waals surface area contributed by atoms with Crippen LogP contribution in [-0.4, -0.2) is 23.3 Å². The number of anilines is 1. The van der Waals surface area contributed by atoms with E-state index in [1.54, 1.807) is 29.2 Å². The Bertz CT molecular complexity index is 820. The highest BCUT2D eigenvalue weighted by atomic mass is 16.2. The molecular formula is C20H19N3O2. The lowest BCUT2D eigenvalue weighted by Crippen LogP contribution is -2.28. The summed E-state index contributed by atoms with van der Waals surface area (Å²) in [4.78, 5) is 26.3. The predicted molar refractivity (Wildman–Crippen MR) is 94.5 cm³/mol. The molecule has 126 valence electrons. The summed E-state index contributed by atoms with van der Waals surface area (Å²) in [5, 5.41) is 11.6. The van der Waals surface area contributed by atoms with Gasteiger partial charge in [0.05, 0.1) is 17.6 Å². The highest BCUT2D eigenvalue weighted by Crippen LogP contribution is 2.22. The van der Waals surface area contributed by atoms with E-state index >= 15 is 0 Å². The molecule has 2 aromatic rings. The molecule has 1 heterocycles. The Kier molecular flexibility index (Phi) is 4.80. The van der Waals surface area contributed by atoms with Gasteiger partial charge in [-0.3, -0.25) is 9.59 Å². The molecule has 1 aliphatic rings. The van der Waals surface area contributed by atoms with Crippen LogP contribution in [0, 0.1) is 24.2 Å². The molecule has 3 rings (SSSR count). The third-order valence-electron chi connectivity index (χ3n) is 4.36. The molecule has 5 heteroatoms. The van der Waals surface area contributed by atoms with Crippen molar-refractivity contribution in [1.29, 1.82) is 5.26 Å². The predicted octanol–water partition coefficient (Wildman–Crippen LogP) is 2.85. The Morgan fingerprint density at radius 3 is 2.52 bits per heavy atom. The van der Waals surface area contributed by atoms with Gasteiger partial charge in [-0.25, -0.2) is 0 Å². The maximum atomic E-state index is 12.4. The quantitative estimate of drug-likeness (QED) is 0.935. The smallest absolute Gasteiger partial charge is 0.229 e. The number of rotatable bonds is 4. The summed E-state index contributed by atoms with van der Waals surface area (Å²) in [6.45, 7) is 2.98. The van der Waals surface area contributed by atoms with Gasteiger partial charge in [-0.2, -0.15) is 5.26 Å². The topological polar surface area (TPSA) is 73.2 Å². The van der Waals surface area contributed by atoms with Gasteiger partial charge in [0.1, 0.15) is 0 Å².